The fourth-order valence-electron chi connectivity index (χ4n) is 2.42. The molecule has 0 aliphatic heterocycles. The molecule has 0 aliphatic carbocycles. The van der Waals surface area contributed by atoms with E-state index in [-0.39, 0.29) is 30.4 Å². The number of ether oxygens (including phenoxy) is 1. The van der Waals surface area contributed by atoms with Crippen LogP contribution in [0.15, 0.2) is 29.6 Å². The van der Waals surface area contributed by atoms with E-state index in [1.54, 1.807) is 17.2 Å². The Morgan fingerprint density at radius 3 is 2.54 bits per heavy atom. The van der Waals surface area contributed by atoms with Crippen molar-refractivity contribution < 1.29 is 19.2 Å². The molecule has 1 aromatic carbocycles. The highest BCUT2D eigenvalue weighted by Crippen LogP contribution is 2.18. The van der Waals surface area contributed by atoms with E-state index in [0.717, 1.165) is 6.42 Å². The number of amides is 1. The van der Waals surface area contributed by atoms with E-state index >= 15 is 0 Å². The number of rotatable bonds is 9. The minimum atomic E-state index is -0.503. The molecule has 1 aromatic heterocycles. The van der Waals surface area contributed by atoms with Crippen molar-refractivity contribution in [3.05, 3.63) is 56.0 Å². The lowest BCUT2D eigenvalue weighted by Gasteiger charge is -2.22. The first-order valence-corrected chi connectivity index (χ1v) is 9.85. The van der Waals surface area contributed by atoms with Crippen molar-refractivity contribution in [2.75, 3.05) is 13.2 Å². The Morgan fingerprint density at radius 2 is 1.96 bits per heavy atom. The van der Waals surface area contributed by atoms with Gasteiger partial charge in [-0.25, -0.2) is 9.78 Å². The number of non-ortho nitro benzene ring substituents is 1. The van der Waals surface area contributed by atoms with E-state index in [4.69, 9.17) is 4.74 Å². The minimum absolute atomic E-state index is 0.0655. The summed E-state index contributed by atoms with van der Waals surface area (Å²) in [6.45, 7) is 6.90. The summed E-state index contributed by atoms with van der Waals surface area (Å²) in [5.41, 5.74) is 0.536. The Hall–Kier alpha value is -2.81. The first-order chi connectivity index (χ1) is 13.3. The number of nitro benzene ring substituents is 1. The van der Waals surface area contributed by atoms with Crippen molar-refractivity contribution in [1.29, 1.82) is 0 Å². The lowest BCUT2D eigenvalue weighted by molar-refractivity contribution is -0.384. The van der Waals surface area contributed by atoms with Gasteiger partial charge in [0.1, 0.15) is 5.01 Å². The molecule has 9 heteroatoms. The van der Waals surface area contributed by atoms with Gasteiger partial charge in [0.05, 0.1) is 18.1 Å². The molecule has 0 saturated heterocycles. The summed E-state index contributed by atoms with van der Waals surface area (Å²) in [6, 6.07) is 5.54. The van der Waals surface area contributed by atoms with Gasteiger partial charge in [0.25, 0.3) is 11.6 Å². The van der Waals surface area contributed by atoms with Gasteiger partial charge in [0.15, 0.2) is 5.69 Å². The molecule has 0 saturated carbocycles. The highest BCUT2D eigenvalue weighted by molar-refractivity contribution is 7.09. The summed E-state index contributed by atoms with van der Waals surface area (Å²) >= 11 is 1.29. The predicted molar refractivity (Wildman–Crippen MR) is 105 cm³/mol. The van der Waals surface area contributed by atoms with Crippen molar-refractivity contribution in [2.45, 2.75) is 33.7 Å². The summed E-state index contributed by atoms with van der Waals surface area (Å²) in [7, 11) is 0. The Morgan fingerprint density at radius 1 is 1.29 bits per heavy atom. The van der Waals surface area contributed by atoms with Crippen LogP contribution in [0.1, 0.15) is 53.0 Å². The maximum Gasteiger partial charge on any atom is 0.357 e. The van der Waals surface area contributed by atoms with Gasteiger partial charge >= 0.3 is 5.97 Å². The average Bonchev–Trinajstić information content (AvgIpc) is 3.13. The summed E-state index contributed by atoms with van der Waals surface area (Å²) in [6.07, 6.45) is 0.800. The Bertz CT molecular complexity index is 832. The maximum absolute atomic E-state index is 12.9. The standard InChI is InChI=1S/C19H23N3O5S/c1-4-27-19(24)16-12-28-17(20-16)11-21(10-9-13(2)3)18(23)14-5-7-15(8-6-14)22(25)26/h5-8,12-13H,4,9-11H2,1-3H3. The molecule has 0 radical (unpaired) electrons. The van der Waals surface area contributed by atoms with Crippen LogP contribution in [0, 0.1) is 16.0 Å². The largest absolute Gasteiger partial charge is 0.461 e. The molecule has 8 nitrogen and oxygen atoms in total. The molecule has 1 heterocycles. The molecule has 0 atom stereocenters. The number of thiazole rings is 1. The molecule has 0 aliphatic rings. The van der Waals surface area contributed by atoms with E-state index in [9.17, 15) is 19.7 Å². The van der Waals surface area contributed by atoms with Gasteiger partial charge in [-0.1, -0.05) is 13.8 Å². The Labute approximate surface area is 167 Å². The molecule has 28 heavy (non-hydrogen) atoms. The SMILES string of the molecule is CCOC(=O)c1csc(CN(CCC(C)C)C(=O)c2ccc([N+](=O)[O-])cc2)n1. The van der Waals surface area contributed by atoms with Crippen LogP contribution in [0.5, 0.6) is 0 Å². The van der Waals surface area contributed by atoms with Gasteiger partial charge in [-0.3, -0.25) is 14.9 Å². The van der Waals surface area contributed by atoms with Crippen molar-refractivity contribution >= 4 is 28.9 Å². The summed E-state index contributed by atoms with van der Waals surface area (Å²) in [4.78, 5) is 40.9. The van der Waals surface area contributed by atoms with Crippen LogP contribution in [0.3, 0.4) is 0 Å². The molecule has 0 N–H and O–H groups in total. The molecular formula is C19H23N3O5S. The van der Waals surface area contributed by atoms with Gasteiger partial charge in [-0.05, 0) is 31.4 Å². The summed E-state index contributed by atoms with van der Waals surface area (Å²) in [5, 5.41) is 13.0. The van der Waals surface area contributed by atoms with E-state index in [1.165, 1.54) is 35.6 Å². The fourth-order valence-corrected chi connectivity index (χ4v) is 3.20. The number of esters is 1. The average molecular weight is 405 g/mol. The van der Waals surface area contributed by atoms with Gasteiger partial charge < -0.3 is 9.64 Å². The Balaban J connectivity index is 2.17. The van der Waals surface area contributed by atoms with Crippen LogP contribution in [0.4, 0.5) is 5.69 Å². The zero-order chi connectivity index (χ0) is 20.7. The maximum atomic E-state index is 12.9. The van der Waals surface area contributed by atoms with Crippen LogP contribution >= 0.6 is 11.3 Å². The summed E-state index contributed by atoms with van der Waals surface area (Å²) < 4.78 is 4.94. The van der Waals surface area contributed by atoms with Crippen molar-refractivity contribution in [2.24, 2.45) is 5.92 Å². The normalized spacial score (nSPS) is 10.7. The molecule has 0 bridgehead atoms. The lowest BCUT2D eigenvalue weighted by atomic mass is 10.1. The second-order valence-corrected chi connectivity index (χ2v) is 7.50. The molecule has 150 valence electrons. The fraction of sp³-hybridized carbons (Fsp3) is 0.421. The highest BCUT2D eigenvalue weighted by atomic mass is 32.1. The van der Waals surface area contributed by atoms with E-state index in [2.05, 4.69) is 18.8 Å². The monoisotopic (exact) mass is 405 g/mol. The first kappa shape index (κ1) is 21.5. The first-order valence-electron chi connectivity index (χ1n) is 8.97. The number of carbonyl (C=O) groups excluding carboxylic acids is 2. The van der Waals surface area contributed by atoms with Crippen LogP contribution in [-0.2, 0) is 11.3 Å². The molecule has 0 spiro atoms. The molecule has 2 aromatic rings. The van der Waals surface area contributed by atoms with E-state index in [1.807, 2.05) is 0 Å². The van der Waals surface area contributed by atoms with Crippen LogP contribution in [0.2, 0.25) is 0 Å². The zero-order valence-corrected chi connectivity index (χ0v) is 16.9. The number of hydrogen-bond donors (Lipinski definition) is 0. The molecule has 0 unspecified atom stereocenters. The molecule has 0 fully saturated rings. The van der Waals surface area contributed by atoms with Crippen molar-refractivity contribution in [3.8, 4) is 0 Å². The minimum Gasteiger partial charge on any atom is -0.461 e. The molecule has 2 rings (SSSR count). The quantitative estimate of drug-likeness (QED) is 0.356. The second-order valence-electron chi connectivity index (χ2n) is 6.56. The van der Waals surface area contributed by atoms with E-state index in [0.29, 0.717) is 23.0 Å². The second kappa shape index (κ2) is 9.93. The predicted octanol–water partition coefficient (Wildman–Crippen LogP) is 3.92. The van der Waals surface area contributed by atoms with Crippen molar-refractivity contribution in [1.82, 2.24) is 9.88 Å². The van der Waals surface area contributed by atoms with Gasteiger partial charge in [-0.15, -0.1) is 11.3 Å². The third kappa shape index (κ3) is 5.85. The smallest absolute Gasteiger partial charge is 0.357 e. The van der Waals surface area contributed by atoms with Gasteiger partial charge in [-0.2, -0.15) is 0 Å². The molecule has 1 amide bonds. The van der Waals surface area contributed by atoms with E-state index < -0.39 is 10.9 Å². The zero-order valence-electron chi connectivity index (χ0n) is 16.1. The van der Waals surface area contributed by atoms with Gasteiger partial charge in [0, 0.05) is 29.6 Å². The number of carbonyl (C=O) groups is 2. The third-order valence-electron chi connectivity index (χ3n) is 3.95. The van der Waals surface area contributed by atoms with Crippen LogP contribution in [-0.4, -0.2) is 39.8 Å². The lowest BCUT2D eigenvalue weighted by Crippen LogP contribution is -2.32. The third-order valence-corrected chi connectivity index (χ3v) is 4.78. The highest BCUT2D eigenvalue weighted by Gasteiger charge is 2.20. The van der Waals surface area contributed by atoms with Gasteiger partial charge in [0.2, 0.25) is 0 Å². The number of benzene rings is 1. The summed E-state index contributed by atoms with van der Waals surface area (Å²) in [5.74, 6) is -0.317. The molecular weight excluding hydrogens is 382 g/mol. The van der Waals surface area contributed by atoms with Crippen LogP contribution < -0.4 is 0 Å². The number of aromatic nitrogens is 1. The topological polar surface area (TPSA) is 103 Å². The number of nitro groups is 1. The van der Waals surface area contributed by atoms with Crippen LogP contribution in [0.25, 0.3) is 0 Å². The number of hydrogen-bond acceptors (Lipinski definition) is 7. The Kier molecular flexibility index (Phi) is 7.62. The number of nitrogens with zero attached hydrogens (tertiary/aromatic N) is 3. The van der Waals surface area contributed by atoms with Crippen molar-refractivity contribution in [3.63, 3.8) is 0 Å².